The number of aromatic nitrogens is 2. The first kappa shape index (κ1) is 19.5. The molecule has 0 spiro atoms. The number of alkyl halides is 1. The van der Waals surface area contributed by atoms with Gasteiger partial charge in [-0.1, -0.05) is 28.7 Å². The van der Waals surface area contributed by atoms with Crippen LogP contribution in [-0.2, 0) is 9.47 Å². The van der Waals surface area contributed by atoms with E-state index in [1.807, 2.05) is 19.0 Å². The quantitative estimate of drug-likeness (QED) is 0.212. The van der Waals surface area contributed by atoms with Gasteiger partial charge in [-0.25, -0.2) is 15.0 Å². The van der Waals surface area contributed by atoms with E-state index in [4.69, 9.17) is 9.47 Å². The lowest BCUT2D eigenvalue weighted by molar-refractivity contribution is -0.0410. The summed E-state index contributed by atoms with van der Waals surface area (Å²) in [4.78, 5) is 17.3. The molecule has 3 rings (SSSR count). The van der Waals surface area contributed by atoms with Crippen molar-refractivity contribution in [1.29, 1.82) is 0 Å². The Hall–Kier alpha value is -1.30. The number of rotatable bonds is 7. The summed E-state index contributed by atoms with van der Waals surface area (Å²) >= 11 is 2.39. The number of fused-ring (bicyclic) bond motifs is 1. The van der Waals surface area contributed by atoms with Crippen LogP contribution in [0.4, 0.5) is 11.6 Å². The van der Waals surface area contributed by atoms with Gasteiger partial charge in [0.25, 0.3) is 0 Å². The second-order valence-electron chi connectivity index (χ2n) is 6.47. The molecule has 1 N–H and O–H groups in total. The molecule has 2 aliphatic rings. The summed E-state index contributed by atoms with van der Waals surface area (Å²) < 4.78 is 12.0. The minimum atomic E-state index is -0.343. The monoisotopic (exact) mass is 473 g/mol. The summed E-state index contributed by atoms with van der Waals surface area (Å²) in [5.41, 5.74) is 1.02. The minimum Gasteiger partial charge on any atom is -0.394 e. The number of ether oxygens (including phenoxy) is 2. The van der Waals surface area contributed by atoms with Gasteiger partial charge in [0, 0.05) is 27.1 Å². The highest BCUT2D eigenvalue weighted by Gasteiger charge is 2.43. The van der Waals surface area contributed by atoms with Gasteiger partial charge in [-0.15, -0.1) is 6.58 Å². The maximum absolute atomic E-state index is 9.61. The topological polar surface area (TPSA) is 83.3 Å². The van der Waals surface area contributed by atoms with Gasteiger partial charge in [-0.3, -0.25) is 0 Å². The van der Waals surface area contributed by atoms with Gasteiger partial charge >= 0.3 is 0 Å². The zero-order chi connectivity index (χ0) is 18.7. The predicted octanol–water partition coefficient (Wildman–Crippen LogP) is 1.67. The van der Waals surface area contributed by atoms with Gasteiger partial charge in [0.1, 0.15) is 24.5 Å². The van der Waals surface area contributed by atoms with Crippen molar-refractivity contribution >= 4 is 40.6 Å². The van der Waals surface area contributed by atoms with E-state index in [0.29, 0.717) is 18.8 Å². The molecule has 1 aromatic heterocycles. The van der Waals surface area contributed by atoms with Crippen molar-refractivity contribution in [2.75, 3.05) is 38.8 Å². The fraction of sp³-hybridized carbons (Fsp3) is 0.588. The Labute approximate surface area is 167 Å². The van der Waals surface area contributed by atoms with Crippen LogP contribution >= 0.6 is 22.6 Å². The van der Waals surface area contributed by atoms with Crippen molar-refractivity contribution in [1.82, 2.24) is 14.9 Å². The standard InChI is InChI=1S/C17H24IN5O3/c1-4-5-25-12-6-14(26-13(12)8-24)23-7-11(18)15-16(21-10-22(2)3)19-9-20-17(15)23/h4,9-14,24H,1,5-8H2,2-3H3. The van der Waals surface area contributed by atoms with Crippen LogP contribution in [0.3, 0.4) is 0 Å². The third kappa shape index (κ3) is 4.00. The van der Waals surface area contributed by atoms with Crippen molar-refractivity contribution in [3.63, 3.8) is 0 Å². The van der Waals surface area contributed by atoms with Crippen LogP contribution in [0.5, 0.6) is 0 Å². The largest absolute Gasteiger partial charge is 0.394 e. The van der Waals surface area contributed by atoms with Crippen LogP contribution in [0.2, 0.25) is 0 Å². The van der Waals surface area contributed by atoms with Crippen LogP contribution in [0.25, 0.3) is 0 Å². The van der Waals surface area contributed by atoms with Gasteiger partial charge in [0.2, 0.25) is 0 Å². The van der Waals surface area contributed by atoms with E-state index in [1.54, 1.807) is 12.4 Å². The molecule has 1 saturated heterocycles. The maximum Gasteiger partial charge on any atom is 0.163 e. The summed E-state index contributed by atoms with van der Waals surface area (Å²) in [6.45, 7) is 4.80. The average molecular weight is 473 g/mol. The molecule has 1 fully saturated rings. The van der Waals surface area contributed by atoms with Crippen LogP contribution in [0.15, 0.2) is 24.0 Å². The number of hydrogen-bond donors (Lipinski definition) is 1. The number of aliphatic hydroxyl groups is 1. The van der Waals surface area contributed by atoms with Crippen molar-refractivity contribution < 1.29 is 14.6 Å². The van der Waals surface area contributed by atoms with Crippen molar-refractivity contribution in [3.8, 4) is 0 Å². The molecule has 3 heterocycles. The first-order valence-corrected chi connectivity index (χ1v) is 9.74. The molecule has 0 saturated carbocycles. The zero-order valence-corrected chi connectivity index (χ0v) is 17.1. The molecule has 0 aromatic carbocycles. The van der Waals surface area contributed by atoms with Crippen molar-refractivity contribution in [2.24, 2.45) is 4.99 Å². The third-order valence-corrected chi connectivity index (χ3v) is 5.35. The molecular formula is C17H24IN5O3. The number of hydrogen-bond acceptors (Lipinski definition) is 7. The minimum absolute atomic E-state index is 0.0746. The summed E-state index contributed by atoms with van der Waals surface area (Å²) in [5.74, 6) is 1.53. The van der Waals surface area contributed by atoms with E-state index in [0.717, 1.165) is 17.9 Å². The number of anilines is 1. The molecule has 0 aliphatic carbocycles. The Morgan fingerprint density at radius 2 is 2.35 bits per heavy atom. The van der Waals surface area contributed by atoms with E-state index in [1.165, 1.54) is 6.33 Å². The second-order valence-corrected chi connectivity index (χ2v) is 7.97. The Morgan fingerprint density at radius 3 is 3.04 bits per heavy atom. The lowest BCUT2D eigenvalue weighted by Crippen LogP contribution is -2.35. The van der Waals surface area contributed by atoms with Gasteiger partial charge in [-0.2, -0.15) is 0 Å². The van der Waals surface area contributed by atoms with Crippen molar-refractivity contribution in [3.05, 3.63) is 24.5 Å². The van der Waals surface area contributed by atoms with E-state index in [9.17, 15) is 5.11 Å². The lowest BCUT2D eigenvalue weighted by Gasteiger charge is -2.25. The molecule has 0 bridgehead atoms. The first-order valence-electron chi connectivity index (χ1n) is 8.50. The van der Waals surface area contributed by atoms with Gasteiger partial charge in [-0.05, 0) is 0 Å². The molecule has 4 atom stereocenters. The first-order chi connectivity index (χ1) is 12.5. The zero-order valence-electron chi connectivity index (χ0n) is 15.0. The van der Waals surface area contributed by atoms with E-state index in [2.05, 4.69) is 49.0 Å². The summed E-state index contributed by atoms with van der Waals surface area (Å²) in [6, 6.07) is 0. The molecule has 8 nitrogen and oxygen atoms in total. The van der Waals surface area contributed by atoms with Crippen LogP contribution in [-0.4, -0.2) is 78.6 Å². The molecular weight excluding hydrogens is 449 g/mol. The Kier molecular flexibility index (Phi) is 6.43. The summed E-state index contributed by atoms with van der Waals surface area (Å²) in [6.07, 6.45) is 4.95. The number of halogens is 1. The highest BCUT2D eigenvalue weighted by molar-refractivity contribution is 14.1. The summed E-state index contributed by atoms with van der Waals surface area (Å²) in [7, 11) is 3.84. The second kappa shape index (κ2) is 8.59. The third-order valence-electron chi connectivity index (χ3n) is 4.33. The number of nitrogens with zero attached hydrogens (tertiary/aromatic N) is 5. The van der Waals surface area contributed by atoms with Gasteiger partial charge in [0.05, 0.1) is 35.1 Å². The van der Waals surface area contributed by atoms with E-state index < -0.39 is 0 Å². The lowest BCUT2D eigenvalue weighted by atomic mass is 10.2. The average Bonchev–Trinajstić information content (AvgIpc) is 3.19. The van der Waals surface area contributed by atoms with Gasteiger partial charge in [0.15, 0.2) is 5.82 Å². The molecule has 26 heavy (non-hydrogen) atoms. The number of aliphatic imine (C=N–C) groups is 1. The fourth-order valence-corrected chi connectivity index (χ4v) is 4.17. The maximum atomic E-state index is 9.61. The van der Waals surface area contributed by atoms with E-state index in [-0.39, 0.29) is 29.0 Å². The molecule has 9 heteroatoms. The highest BCUT2D eigenvalue weighted by atomic mass is 127. The number of aliphatic hydroxyl groups excluding tert-OH is 1. The molecule has 1 aromatic rings. The Bertz CT molecular complexity index is 672. The van der Waals surface area contributed by atoms with E-state index >= 15 is 0 Å². The van der Waals surface area contributed by atoms with Crippen LogP contribution < -0.4 is 4.90 Å². The smallest absolute Gasteiger partial charge is 0.163 e. The molecule has 4 unspecified atom stereocenters. The Balaban J connectivity index is 1.82. The predicted molar refractivity (Wildman–Crippen MR) is 108 cm³/mol. The van der Waals surface area contributed by atoms with Crippen LogP contribution in [0, 0.1) is 0 Å². The molecule has 142 valence electrons. The molecule has 2 aliphatic heterocycles. The molecule has 0 amide bonds. The summed E-state index contributed by atoms with van der Waals surface area (Å²) in [5, 5.41) is 9.61. The van der Waals surface area contributed by atoms with Gasteiger partial charge < -0.3 is 24.4 Å². The normalized spacial score (nSPS) is 27.9. The van der Waals surface area contributed by atoms with Crippen LogP contribution in [0.1, 0.15) is 15.9 Å². The molecule has 0 radical (unpaired) electrons. The fourth-order valence-electron chi connectivity index (χ4n) is 3.19. The highest BCUT2D eigenvalue weighted by Crippen LogP contribution is 2.45. The SMILES string of the molecule is C=CCOC1CC(N2CC(I)c3c(N=CN(C)C)ncnc32)OC1CO. The Morgan fingerprint density at radius 1 is 1.54 bits per heavy atom. The van der Waals surface area contributed by atoms with Crippen molar-refractivity contribution in [2.45, 2.75) is 28.8 Å².